The third kappa shape index (κ3) is 9.16. The minimum absolute atomic E-state index is 0. The molecule has 0 aromatic rings. The normalized spacial score (nSPS) is 0. The van der Waals surface area contributed by atoms with E-state index in [0.717, 1.165) is 0 Å². The Labute approximate surface area is 64.2 Å². The Kier molecular flexibility index (Phi) is 215. The molecule has 0 rings (SSSR count). The first-order chi connectivity index (χ1) is 0. The van der Waals surface area contributed by atoms with Crippen molar-refractivity contribution in [2.75, 3.05) is 0 Å². The molecule has 0 spiro atoms. The molecule has 28 valence electrons. The van der Waals surface area contributed by atoms with E-state index in [2.05, 4.69) is 0 Å². The second kappa shape index (κ2) is 21.1. The van der Waals surface area contributed by atoms with Crippen LogP contribution < -0.4 is 0 Å². The van der Waals surface area contributed by atoms with Crippen molar-refractivity contribution < 1.29 is 56.2 Å². The van der Waals surface area contributed by atoms with Gasteiger partial charge in [-0.3, -0.25) is 0 Å². The predicted octanol–water partition coefficient (Wildman–Crippen LogP) is -1.19. The minimum atomic E-state index is 0. The zero-order valence-electron chi connectivity index (χ0n) is 1.13. The standard InChI is InChI=1S/BH3.Co.Fe.Ta/h1H3;;;. The van der Waals surface area contributed by atoms with Crippen molar-refractivity contribution in [1.82, 2.24) is 0 Å². The van der Waals surface area contributed by atoms with Crippen LogP contribution in [0.5, 0.6) is 0 Å². The molecular weight excluding hydrogens is 307 g/mol. The van der Waals surface area contributed by atoms with E-state index in [1.807, 2.05) is 0 Å². The molecule has 0 heterocycles. The summed E-state index contributed by atoms with van der Waals surface area (Å²) in [5.74, 6) is 0. The number of rotatable bonds is 0. The van der Waals surface area contributed by atoms with Gasteiger partial charge in [0.1, 0.15) is 0 Å². The topological polar surface area (TPSA) is 0 Å². The summed E-state index contributed by atoms with van der Waals surface area (Å²) in [6.07, 6.45) is 0. The first-order valence-electron chi connectivity index (χ1n) is 0. The number of hydrogen-bond acceptors (Lipinski definition) is 0. The van der Waals surface area contributed by atoms with Crippen molar-refractivity contribution in [3.8, 4) is 0 Å². The Balaban J connectivity index is 0. The molecule has 0 fully saturated rings. The van der Waals surface area contributed by atoms with E-state index >= 15 is 0 Å². The van der Waals surface area contributed by atoms with E-state index in [4.69, 9.17) is 0 Å². The average Bonchev–Trinajstić information content (AvgIpc) is 0. The first-order valence-corrected chi connectivity index (χ1v) is 0. The largest absolute Gasteiger partial charge is 0.0814 e. The molecule has 0 aromatic heterocycles. The summed E-state index contributed by atoms with van der Waals surface area (Å²) in [5, 5.41) is 0. The van der Waals surface area contributed by atoms with E-state index in [9.17, 15) is 0 Å². The van der Waals surface area contributed by atoms with Crippen LogP contribution in [0.4, 0.5) is 0 Å². The van der Waals surface area contributed by atoms with Gasteiger partial charge in [-0.15, -0.1) is 0 Å². The molecule has 0 amide bonds. The van der Waals surface area contributed by atoms with Gasteiger partial charge < -0.3 is 0 Å². The molecule has 0 nitrogen and oxygen atoms in total. The monoisotopic (exact) mass is 310 g/mol. The molecule has 0 bridgehead atoms. The summed E-state index contributed by atoms with van der Waals surface area (Å²) >= 11 is 0. The maximum atomic E-state index is 0. The Hall–Kier alpha value is 1.83. The third-order valence-electron chi connectivity index (χ3n) is 0. The molecule has 4 heteroatoms. The van der Waals surface area contributed by atoms with Gasteiger partial charge in [-0.05, 0) is 0 Å². The number of hydrogen-bond donors (Lipinski definition) is 0. The molecule has 0 aliphatic rings. The average molecular weight is 310 g/mol. The molecule has 0 N–H and O–H groups in total. The Morgan fingerprint density at radius 2 is 1.00 bits per heavy atom. The zero-order chi connectivity index (χ0) is 0. The quantitative estimate of drug-likeness (QED) is 0.494. The van der Waals surface area contributed by atoms with Crippen molar-refractivity contribution in [3.63, 3.8) is 0 Å². The molecule has 4 heavy (non-hydrogen) atoms. The van der Waals surface area contributed by atoms with Crippen molar-refractivity contribution in [3.05, 3.63) is 0 Å². The molecule has 0 saturated heterocycles. The van der Waals surface area contributed by atoms with Crippen LogP contribution >= 0.6 is 0 Å². The summed E-state index contributed by atoms with van der Waals surface area (Å²) in [5.41, 5.74) is 0. The Bertz CT molecular complexity index is 8.00. The molecule has 0 atom stereocenters. The Morgan fingerprint density at radius 3 is 1.00 bits per heavy atom. The van der Waals surface area contributed by atoms with Gasteiger partial charge in [-0.25, -0.2) is 0 Å². The van der Waals surface area contributed by atoms with Crippen LogP contribution in [0.1, 0.15) is 0 Å². The van der Waals surface area contributed by atoms with E-state index < -0.39 is 0 Å². The summed E-state index contributed by atoms with van der Waals surface area (Å²) in [6.45, 7) is 0. The van der Waals surface area contributed by atoms with Crippen LogP contribution in [0, 0.1) is 0 Å². The first kappa shape index (κ1) is 40.6. The fourth-order valence-electron chi connectivity index (χ4n) is 0. The summed E-state index contributed by atoms with van der Waals surface area (Å²) in [4.78, 5) is 0. The fraction of sp³-hybridized carbons (Fsp3) is 0. The smallest absolute Gasteiger partial charge is 0 e. The maximum absolute atomic E-state index is 0. The Morgan fingerprint density at radius 1 is 1.00 bits per heavy atom. The SMILES string of the molecule is B.[Co].[Fe].[Ta]. The maximum Gasteiger partial charge on any atom is 0.0814 e. The van der Waals surface area contributed by atoms with Crippen molar-refractivity contribution >= 4 is 8.41 Å². The van der Waals surface area contributed by atoms with E-state index in [0.29, 0.717) is 0 Å². The van der Waals surface area contributed by atoms with Gasteiger partial charge in [-0.1, -0.05) is 0 Å². The minimum Gasteiger partial charge on any atom is 0 e. The van der Waals surface area contributed by atoms with Gasteiger partial charge in [-0.2, -0.15) is 0 Å². The van der Waals surface area contributed by atoms with Crippen LogP contribution in [0.3, 0.4) is 0 Å². The molecule has 0 saturated carbocycles. The van der Waals surface area contributed by atoms with Crippen LogP contribution in [0.2, 0.25) is 0 Å². The van der Waals surface area contributed by atoms with Gasteiger partial charge in [0.25, 0.3) is 0 Å². The fourth-order valence-corrected chi connectivity index (χ4v) is 0. The van der Waals surface area contributed by atoms with Crippen molar-refractivity contribution in [2.45, 2.75) is 0 Å². The zero-order valence-corrected chi connectivity index (χ0v) is 6.49. The summed E-state index contributed by atoms with van der Waals surface area (Å²) in [6, 6.07) is 0. The van der Waals surface area contributed by atoms with Crippen LogP contribution in [-0.4, -0.2) is 8.41 Å². The van der Waals surface area contributed by atoms with E-state index in [1.54, 1.807) is 0 Å². The molecule has 0 aliphatic heterocycles. The second-order valence-electron chi connectivity index (χ2n) is 0. The molecular formula is H3BCoFeTa. The van der Waals surface area contributed by atoms with Gasteiger partial charge in [0.05, 0.1) is 8.41 Å². The summed E-state index contributed by atoms with van der Waals surface area (Å²) < 4.78 is 0. The second-order valence-corrected chi connectivity index (χ2v) is 0. The van der Waals surface area contributed by atoms with Crippen molar-refractivity contribution in [2.24, 2.45) is 0 Å². The van der Waals surface area contributed by atoms with E-state index in [-0.39, 0.29) is 64.6 Å². The van der Waals surface area contributed by atoms with E-state index in [1.165, 1.54) is 0 Å². The molecule has 0 aromatic carbocycles. The van der Waals surface area contributed by atoms with Crippen LogP contribution in [0.15, 0.2) is 0 Å². The van der Waals surface area contributed by atoms with Gasteiger partial charge in [0.2, 0.25) is 0 Å². The third-order valence-corrected chi connectivity index (χ3v) is 0. The van der Waals surface area contributed by atoms with Crippen LogP contribution in [-0.2, 0) is 56.2 Å². The predicted molar refractivity (Wildman–Crippen MR) is 9.94 cm³/mol. The molecule has 0 aliphatic carbocycles. The van der Waals surface area contributed by atoms with Gasteiger partial charge in [0.15, 0.2) is 0 Å². The van der Waals surface area contributed by atoms with Gasteiger partial charge >= 0.3 is 0 Å². The molecule has 0 unspecified atom stereocenters. The van der Waals surface area contributed by atoms with Crippen LogP contribution in [0.25, 0.3) is 0 Å². The van der Waals surface area contributed by atoms with Gasteiger partial charge in [0, 0.05) is 56.2 Å². The summed E-state index contributed by atoms with van der Waals surface area (Å²) in [7, 11) is 0. The van der Waals surface area contributed by atoms with Crippen molar-refractivity contribution in [1.29, 1.82) is 0 Å². The molecule has 2 radical (unpaired) electrons.